The molecule has 0 N–H and O–H groups in total. The monoisotopic (exact) mass is 396 g/mol. The first-order valence-electron chi connectivity index (χ1n) is 9.04. The Morgan fingerprint density at radius 2 is 1.72 bits per heavy atom. The van der Waals surface area contributed by atoms with Crippen LogP contribution in [0.25, 0.3) is 0 Å². The average Bonchev–Trinajstić information content (AvgIpc) is 2.71. The van der Waals surface area contributed by atoms with Gasteiger partial charge in [0.2, 0.25) is 0 Å². The molecule has 0 unspecified atom stereocenters. The Morgan fingerprint density at radius 1 is 1.03 bits per heavy atom. The highest BCUT2D eigenvalue weighted by Gasteiger charge is 2.20. The molecule has 0 fully saturated rings. The second-order valence-electron chi connectivity index (χ2n) is 6.44. The molecule has 0 aliphatic heterocycles. The molecule has 29 heavy (non-hydrogen) atoms. The fourth-order valence-electron chi connectivity index (χ4n) is 2.92. The zero-order valence-electron chi connectivity index (χ0n) is 17.0. The second kappa shape index (κ2) is 10.1. The van der Waals surface area contributed by atoms with Crippen LogP contribution in [0, 0.1) is 25.2 Å². The van der Waals surface area contributed by atoms with E-state index in [-0.39, 0.29) is 24.3 Å². The number of nitriles is 1. The second-order valence-corrected chi connectivity index (χ2v) is 6.44. The largest absolute Gasteiger partial charge is 0.497 e. The van der Waals surface area contributed by atoms with Gasteiger partial charge < -0.3 is 19.1 Å². The molecule has 0 bridgehead atoms. The molecule has 0 spiro atoms. The number of aryl methyl sites for hydroxylation is 2. The zero-order valence-corrected chi connectivity index (χ0v) is 17.0. The number of anilines is 1. The summed E-state index contributed by atoms with van der Waals surface area (Å²) in [5.41, 5.74) is 2.85. The fourth-order valence-corrected chi connectivity index (χ4v) is 2.92. The van der Waals surface area contributed by atoms with Crippen LogP contribution in [0.2, 0.25) is 0 Å². The van der Waals surface area contributed by atoms with Gasteiger partial charge in [-0.3, -0.25) is 4.79 Å². The number of nitrogens with zero attached hydrogens (tertiary/aromatic N) is 2. The molecule has 0 radical (unpaired) electrons. The van der Waals surface area contributed by atoms with Crippen molar-refractivity contribution in [3.8, 4) is 17.6 Å². The minimum Gasteiger partial charge on any atom is -0.497 e. The normalized spacial score (nSPS) is 10.0. The van der Waals surface area contributed by atoms with Gasteiger partial charge in [-0.15, -0.1) is 0 Å². The molecule has 0 saturated carbocycles. The van der Waals surface area contributed by atoms with Gasteiger partial charge in [-0.1, -0.05) is 6.07 Å². The minimum absolute atomic E-state index is 0.166. The predicted octanol–water partition coefficient (Wildman–Crippen LogP) is 3.42. The molecule has 1 amide bonds. The van der Waals surface area contributed by atoms with Gasteiger partial charge in [0.1, 0.15) is 17.1 Å². The lowest BCUT2D eigenvalue weighted by molar-refractivity contribution is -0.121. The first-order valence-corrected chi connectivity index (χ1v) is 9.04. The Kier molecular flexibility index (Phi) is 7.61. The van der Waals surface area contributed by atoms with Crippen LogP contribution in [-0.2, 0) is 9.53 Å². The number of ether oxygens (including phenoxy) is 3. The molecule has 2 aromatic rings. The zero-order chi connectivity index (χ0) is 21.4. The summed E-state index contributed by atoms with van der Waals surface area (Å²) in [5.74, 6) is -0.269. The SMILES string of the molecule is COc1ccc(C(=O)OCC(=O)N(CCC#N)c2cc(C)cc(C)c2)c(OC)c1. The molecule has 2 aromatic carbocycles. The van der Waals surface area contributed by atoms with Crippen molar-refractivity contribution in [3.63, 3.8) is 0 Å². The molecule has 7 nitrogen and oxygen atoms in total. The molecule has 7 heteroatoms. The number of carbonyl (C=O) groups excluding carboxylic acids is 2. The summed E-state index contributed by atoms with van der Waals surface area (Å²) in [6, 6.07) is 12.4. The molecular formula is C22H24N2O5. The lowest BCUT2D eigenvalue weighted by atomic mass is 10.1. The van der Waals surface area contributed by atoms with Crippen molar-refractivity contribution in [3.05, 3.63) is 53.1 Å². The van der Waals surface area contributed by atoms with E-state index in [1.807, 2.05) is 38.1 Å². The van der Waals surface area contributed by atoms with Crippen LogP contribution in [0.5, 0.6) is 11.5 Å². The Labute approximate surface area is 170 Å². The van der Waals surface area contributed by atoms with Gasteiger partial charge in [0.05, 0.1) is 26.7 Å². The number of methoxy groups -OCH3 is 2. The van der Waals surface area contributed by atoms with E-state index in [2.05, 4.69) is 0 Å². The average molecular weight is 396 g/mol. The predicted molar refractivity (Wildman–Crippen MR) is 108 cm³/mol. The number of amides is 1. The third-order valence-electron chi connectivity index (χ3n) is 4.22. The van der Waals surface area contributed by atoms with Gasteiger partial charge >= 0.3 is 5.97 Å². The topological polar surface area (TPSA) is 88.9 Å². The van der Waals surface area contributed by atoms with Crippen LogP contribution in [0.15, 0.2) is 36.4 Å². The third-order valence-corrected chi connectivity index (χ3v) is 4.22. The number of hydrogen-bond acceptors (Lipinski definition) is 6. The first-order chi connectivity index (χ1) is 13.9. The van der Waals surface area contributed by atoms with Gasteiger partial charge in [-0.2, -0.15) is 5.26 Å². The minimum atomic E-state index is -0.682. The fraction of sp³-hybridized carbons (Fsp3) is 0.318. The number of carbonyl (C=O) groups is 2. The Morgan fingerprint density at radius 3 is 2.31 bits per heavy atom. The van der Waals surface area contributed by atoms with E-state index in [0.717, 1.165) is 11.1 Å². The van der Waals surface area contributed by atoms with Crippen molar-refractivity contribution >= 4 is 17.6 Å². The molecule has 0 aliphatic rings. The maximum Gasteiger partial charge on any atom is 0.342 e. The summed E-state index contributed by atoms with van der Waals surface area (Å²) in [7, 11) is 2.94. The van der Waals surface area contributed by atoms with Gasteiger partial charge in [0, 0.05) is 18.3 Å². The van der Waals surface area contributed by atoms with Crippen molar-refractivity contribution in [1.29, 1.82) is 5.26 Å². The summed E-state index contributed by atoms with van der Waals surface area (Å²) in [4.78, 5) is 26.7. The van der Waals surface area contributed by atoms with Gasteiger partial charge in [-0.25, -0.2) is 4.79 Å². The number of hydrogen-bond donors (Lipinski definition) is 0. The van der Waals surface area contributed by atoms with E-state index in [0.29, 0.717) is 11.4 Å². The lowest BCUT2D eigenvalue weighted by Crippen LogP contribution is -2.35. The van der Waals surface area contributed by atoms with E-state index >= 15 is 0 Å². The smallest absolute Gasteiger partial charge is 0.342 e. The van der Waals surface area contributed by atoms with Gasteiger partial charge in [-0.05, 0) is 49.2 Å². The van der Waals surface area contributed by atoms with Crippen LogP contribution in [0.3, 0.4) is 0 Å². The highest BCUT2D eigenvalue weighted by molar-refractivity contribution is 5.98. The van der Waals surface area contributed by atoms with Gasteiger partial charge in [0.25, 0.3) is 5.91 Å². The van der Waals surface area contributed by atoms with E-state index < -0.39 is 18.5 Å². The number of rotatable bonds is 8. The van der Waals surface area contributed by atoms with Crippen LogP contribution < -0.4 is 14.4 Å². The van der Waals surface area contributed by atoms with E-state index in [1.165, 1.54) is 25.2 Å². The first kappa shape index (κ1) is 21.8. The van der Waals surface area contributed by atoms with Crippen molar-refractivity contribution in [2.45, 2.75) is 20.3 Å². The van der Waals surface area contributed by atoms with E-state index in [4.69, 9.17) is 19.5 Å². The van der Waals surface area contributed by atoms with Crippen molar-refractivity contribution in [1.82, 2.24) is 0 Å². The maximum absolute atomic E-state index is 12.8. The van der Waals surface area contributed by atoms with E-state index in [9.17, 15) is 9.59 Å². The number of benzene rings is 2. The highest BCUT2D eigenvalue weighted by atomic mass is 16.5. The molecular weight excluding hydrogens is 372 g/mol. The van der Waals surface area contributed by atoms with Crippen molar-refractivity contribution in [2.75, 3.05) is 32.3 Å². The summed E-state index contributed by atoms with van der Waals surface area (Å²) >= 11 is 0. The van der Waals surface area contributed by atoms with Crippen LogP contribution in [-0.4, -0.2) is 39.2 Å². The van der Waals surface area contributed by atoms with Crippen LogP contribution in [0.4, 0.5) is 5.69 Å². The summed E-state index contributed by atoms with van der Waals surface area (Å²) in [6.45, 7) is 3.62. The lowest BCUT2D eigenvalue weighted by Gasteiger charge is -2.22. The molecule has 2 rings (SSSR count). The van der Waals surface area contributed by atoms with Crippen LogP contribution in [0.1, 0.15) is 27.9 Å². The Balaban J connectivity index is 2.15. The van der Waals surface area contributed by atoms with Crippen molar-refractivity contribution < 1.29 is 23.8 Å². The third kappa shape index (κ3) is 5.72. The van der Waals surface area contributed by atoms with Crippen molar-refractivity contribution in [2.24, 2.45) is 0 Å². The molecule has 0 saturated heterocycles. The molecule has 0 aromatic heterocycles. The maximum atomic E-state index is 12.8. The Bertz CT molecular complexity index is 913. The quantitative estimate of drug-likeness (QED) is 0.635. The molecule has 152 valence electrons. The molecule has 0 aliphatic carbocycles. The highest BCUT2D eigenvalue weighted by Crippen LogP contribution is 2.25. The standard InChI is InChI=1S/C22H24N2O5/c1-15-10-16(2)12-17(11-15)24(9-5-8-23)21(25)14-29-22(26)19-7-6-18(27-3)13-20(19)28-4/h6-7,10-13H,5,9,14H2,1-4H3. The molecule has 0 atom stereocenters. The summed E-state index contributed by atoms with van der Waals surface area (Å²) in [6.07, 6.45) is 0.166. The Hall–Kier alpha value is -3.53. The summed E-state index contributed by atoms with van der Waals surface area (Å²) in [5, 5.41) is 8.92. The van der Waals surface area contributed by atoms with E-state index in [1.54, 1.807) is 12.1 Å². The molecule has 0 heterocycles. The van der Waals surface area contributed by atoms with Gasteiger partial charge in [0.15, 0.2) is 6.61 Å². The van der Waals surface area contributed by atoms with Crippen LogP contribution >= 0.6 is 0 Å². The summed E-state index contributed by atoms with van der Waals surface area (Å²) < 4.78 is 15.5. The number of esters is 1.